The number of ether oxygens (including phenoxy) is 1. The second kappa shape index (κ2) is 11.9. The molecule has 2 aromatic carbocycles. The Kier molecular flexibility index (Phi) is 8.63. The third-order valence-corrected chi connectivity index (χ3v) is 8.61. The minimum atomic E-state index is -3.81. The number of benzene rings is 2. The Bertz CT molecular complexity index is 1420. The first-order valence-corrected chi connectivity index (χ1v) is 14.0. The van der Waals surface area contributed by atoms with Crippen molar-refractivity contribution >= 4 is 27.5 Å². The van der Waals surface area contributed by atoms with E-state index in [4.69, 9.17) is 4.74 Å². The molecular weight excluding hydrogens is 520 g/mol. The average Bonchev–Trinajstić information content (AvgIpc) is 2.95. The Balaban J connectivity index is 1.73. The van der Waals surface area contributed by atoms with E-state index in [0.29, 0.717) is 5.56 Å². The lowest BCUT2D eigenvalue weighted by atomic mass is 9.99. The van der Waals surface area contributed by atoms with Crippen LogP contribution >= 0.6 is 0 Å². The highest BCUT2D eigenvalue weighted by atomic mass is 32.2. The number of carbonyl (C=O) groups is 2. The summed E-state index contributed by atoms with van der Waals surface area (Å²) in [7, 11) is -2.33. The minimum Gasteiger partial charge on any atom is -0.486 e. The predicted octanol–water partition coefficient (Wildman–Crippen LogP) is 2.87. The number of hydrogen-bond acceptors (Lipinski definition) is 7. The van der Waals surface area contributed by atoms with Gasteiger partial charge < -0.3 is 20.1 Å². The molecule has 1 aliphatic heterocycles. The van der Waals surface area contributed by atoms with Crippen molar-refractivity contribution in [2.45, 2.75) is 30.9 Å². The van der Waals surface area contributed by atoms with E-state index in [1.165, 1.54) is 35.9 Å². The van der Waals surface area contributed by atoms with E-state index in [-0.39, 0.29) is 53.4 Å². The minimum absolute atomic E-state index is 0.0139. The number of anilines is 1. The van der Waals surface area contributed by atoms with Gasteiger partial charge in [-0.2, -0.15) is 4.31 Å². The average molecular weight is 553 g/mol. The van der Waals surface area contributed by atoms with E-state index in [0.717, 1.165) is 0 Å². The van der Waals surface area contributed by atoms with Crippen LogP contribution in [0.5, 0.6) is 5.75 Å². The Hall–Kier alpha value is -3.80. The van der Waals surface area contributed by atoms with Crippen molar-refractivity contribution in [3.63, 3.8) is 0 Å². The van der Waals surface area contributed by atoms with Gasteiger partial charge in [0.05, 0.1) is 35.3 Å². The molecule has 3 aromatic rings. The van der Waals surface area contributed by atoms with Gasteiger partial charge >= 0.3 is 0 Å². The molecule has 206 valence electrons. The monoisotopic (exact) mass is 552 g/mol. The normalized spacial score (nSPS) is 18.5. The van der Waals surface area contributed by atoms with Gasteiger partial charge in [0.15, 0.2) is 5.75 Å². The van der Waals surface area contributed by atoms with E-state index in [9.17, 15) is 23.1 Å². The second-order valence-corrected chi connectivity index (χ2v) is 11.6. The number of aliphatic hydroxyl groups excluding tert-OH is 1. The number of pyridine rings is 1. The number of sulfonamides is 1. The van der Waals surface area contributed by atoms with Gasteiger partial charge in [-0.25, -0.2) is 8.42 Å². The lowest BCUT2D eigenvalue weighted by Crippen LogP contribution is -2.50. The zero-order chi connectivity index (χ0) is 28.2. The Labute approximate surface area is 228 Å². The van der Waals surface area contributed by atoms with Gasteiger partial charge in [0.1, 0.15) is 6.10 Å². The molecule has 10 nitrogen and oxygen atoms in total. The van der Waals surface area contributed by atoms with Crippen molar-refractivity contribution in [1.82, 2.24) is 14.2 Å². The highest BCUT2D eigenvalue weighted by molar-refractivity contribution is 7.89. The highest BCUT2D eigenvalue weighted by Gasteiger charge is 2.36. The first-order valence-electron chi connectivity index (χ1n) is 12.6. The summed E-state index contributed by atoms with van der Waals surface area (Å²) in [5.74, 6) is -0.962. The zero-order valence-corrected chi connectivity index (χ0v) is 22.8. The molecule has 0 spiro atoms. The molecule has 2 amide bonds. The predicted molar refractivity (Wildman–Crippen MR) is 146 cm³/mol. The molecule has 4 rings (SSSR count). The molecular formula is C28H32N4O6S. The molecule has 0 saturated carbocycles. The van der Waals surface area contributed by atoms with Crippen LogP contribution < -0.4 is 10.1 Å². The topological polar surface area (TPSA) is 129 Å². The SMILES string of the molecule is C[C@H]1CN([C@@H](C)CO)C(=O)c2cccc(NC(=O)c3ccncc3)c2O[C@H]1CN(C)S(=O)(=O)c1ccccc1. The largest absolute Gasteiger partial charge is 0.486 e. The van der Waals surface area contributed by atoms with E-state index >= 15 is 0 Å². The fourth-order valence-corrected chi connectivity index (χ4v) is 5.59. The molecule has 0 radical (unpaired) electrons. The Morgan fingerprint density at radius 2 is 1.85 bits per heavy atom. The van der Waals surface area contributed by atoms with Crippen molar-refractivity contribution in [1.29, 1.82) is 0 Å². The second-order valence-electron chi connectivity index (χ2n) is 9.59. The van der Waals surface area contributed by atoms with Crippen LogP contribution in [0.15, 0.2) is 78.0 Å². The van der Waals surface area contributed by atoms with Crippen molar-refractivity contribution in [3.05, 3.63) is 84.2 Å². The molecule has 1 aliphatic rings. The van der Waals surface area contributed by atoms with Gasteiger partial charge in [-0.15, -0.1) is 0 Å². The first-order chi connectivity index (χ1) is 18.6. The number of aliphatic hydroxyl groups is 1. The summed E-state index contributed by atoms with van der Waals surface area (Å²) in [6.07, 6.45) is 2.31. The smallest absolute Gasteiger partial charge is 0.258 e. The summed E-state index contributed by atoms with van der Waals surface area (Å²) in [4.78, 5) is 32.2. The van der Waals surface area contributed by atoms with Gasteiger partial charge in [0.25, 0.3) is 11.8 Å². The van der Waals surface area contributed by atoms with E-state index in [1.54, 1.807) is 60.4 Å². The number of amides is 2. The molecule has 0 saturated heterocycles. The summed E-state index contributed by atoms with van der Waals surface area (Å²) in [5, 5.41) is 12.7. The molecule has 0 aliphatic carbocycles. The van der Waals surface area contributed by atoms with Crippen LogP contribution in [0.25, 0.3) is 0 Å². The number of aromatic nitrogens is 1. The third kappa shape index (κ3) is 6.11. The molecule has 39 heavy (non-hydrogen) atoms. The highest BCUT2D eigenvalue weighted by Crippen LogP contribution is 2.35. The molecule has 2 heterocycles. The summed E-state index contributed by atoms with van der Waals surface area (Å²) >= 11 is 0. The summed E-state index contributed by atoms with van der Waals surface area (Å²) in [5.41, 5.74) is 0.842. The third-order valence-electron chi connectivity index (χ3n) is 6.77. The standard InChI is InChI=1S/C28H32N4O6S/c1-19-16-32(20(2)18-33)28(35)23-10-7-11-24(30-27(34)21-12-14-29-15-13-21)26(23)38-25(19)17-31(3)39(36,37)22-8-5-4-6-9-22/h4-15,19-20,25,33H,16-18H2,1-3H3,(H,30,34)/t19-,20-,25-/m0/s1. The molecule has 1 aromatic heterocycles. The van der Waals surface area contributed by atoms with Crippen LogP contribution in [-0.4, -0.2) is 78.4 Å². The zero-order valence-electron chi connectivity index (χ0n) is 22.0. The van der Waals surface area contributed by atoms with Crippen molar-refractivity contribution in [2.24, 2.45) is 5.92 Å². The maximum atomic E-state index is 13.6. The number of fused-ring (bicyclic) bond motifs is 1. The van der Waals surface area contributed by atoms with Crippen LogP contribution in [0.2, 0.25) is 0 Å². The number of para-hydroxylation sites is 1. The quantitative estimate of drug-likeness (QED) is 0.440. The van der Waals surface area contributed by atoms with E-state index in [1.807, 2.05) is 6.92 Å². The van der Waals surface area contributed by atoms with Gasteiger partial charge in [-0.3, -0.25) is 14.6 Å². The van der Waals surface area contributed by atoms with Crippen LogP contribution in [0, 0.1) is 5.92 Å². The fraction of sp³-hybridized carbons (Fsp3) is 0.321. The number of rotatable bonds is 8. The summed E-state index contributed by atoms with van der Waals surface area (Å²) in [6.45, 7) is 3.57. The van der Waals surface area contributed by atoms with Crippen LogP contribution in [0.3, 0.4) is 0 Å². The Morgan fingerprint density at radius 1 is 1.15 bits per heavy atom. The number of nitrogens with one attached hydrogen (secondary N) is 1. The first kappa shape index (κ1) is 28.2. The van der Waals surface area contributed by atoms with E-state index < -0.39 is 28.1 Å². The summed E-state index contributed by atoms with van der Waals surface area (Å²) in [6, 6.07) is 15.6. The van der Waals surface area contributed by atoms with Crippen LogP contribution in [-0.2, 0) is 10.0 Å². The molecule has 2 N–H and O–H groups in total. The molecule has 0 fully saturated rings. The number of nitrogens with zero attached hydrogens (tertiary/aromatic N) is 3. The maximum Gasteiger partial charge on any atom is 0.258 e. The van der Waals surface area contributed by atoms with E-state index in [2.05, 4.69) is 10.3 Å². The van der Waals surface area contributed by atoms with Crippen molar-refractivity contribution < 1.29 is 27.9 Å². The van der Waals surface area contributed by atoms with Gasteiger partial charge in [0, 0.05) is 37.5 Å². The van der Waals surface area contributed by atoms with Gasteiger partial charge in [0.2, 0.25) is 10.0 Å². The molecule has 11 heteroatoms. The van der Waals surface area contributed by atoms with Crippen molar-refractivity contribution in [3.8, 4) is 5.75 Å². The maximum absolute atomic E-state index is 13.6. The number of hydrogen-bond donors (Lipinski definition) is 2. The lowest BCUT2D eigenvalue weighted by molar-refractivity contribution is 0.0388. The van der Waals surface area contributed by atoms with Crippen molar-refractivity contribution in [2.75, 3.05) is 32.1 Å². The van der Waals surface area contributed by atoms with Gasteiger partial charge in [-0.05, 0) is 43.3 Å². The molecule has 0 bridgehead atoms. The fourth-order valence-electron chi connectivity index (χ4n) is 4.38. The summed E-state index contributed by atoms with van der Waals surface area (Å²) < 4.78 is 34.2. The van der Waals surface area contributed by atoms with Crippen LogP contribution in [0.1, 0.15) is 34.6 Å². The Morgan fingerprint density at radius 3 is 2.51 bits per heavy atom. The lowest BCUT2D eigenvalue weighted by Gasteiger charge is -2.38. The number of carbonyl (C=O) groups excluding carboxylic acids is 2. The number of likely N-dealkylation sites (N-methyl/N-ethyl adjacent to an activating group) is 1. The molecule has 3 atom stereocenters. The molecule has 0 unspecified atom stereocenters. The van der Waals surface area contributed by atoms with Gasteiger partial charge in [-0.1, -0.05) is 31.2 Å². The van der Waals surface area contributed by atoms with Crippen LogP contribution in [0.4, 0.5) is 5.69 Å².